The predicted octanol–water partition coefficient (Wildman–Crippen LogP) is 2.07. The van der Waals surface area contributed by atoms with E-state index in [1.807, 2.05) is 0 Å². The van der Waals surface area contributed by atoms with Gasteiger partial charge in [-0.1, -0.05) is 12.1 Å². The Kier molecular flexibility index (Phi) is 8.16. The average Bonchev–Trinajstić information content (AvgIpc) is 2.96. The number of hydrogen-bond donors (Lipinski definition) is 2. The summed E-state index contributed by atoms with van der Waals surface area (Å²) in [5.41, 5.74) is 0.766. The lowest BCUT2D eigenvalue weighted by atomic mass is 10.1. The highest BCUT2D eigenvalue weighted by atomic mass is 35.5. The Morgan fingerprint density at radius 2 is 1.92 bits per heavy atom. The molecule has 1 aromatic carbocycles. The van der Waals surface area contributed by atoms with Crippen LogP contribution in [0.3, 0.4) is 0 Å². The summed E-state index contributed by atoms with van der Waals surface area (Å²) < 4.78 is 40.0. The van der Waals surface area contributed by atoms with Gasteiger partial charge in [0, 0.05) is 13.1 Å². The molecule has 0 spiro atoms. The van der Waals surface area contributed by atoms with E-state index in [1.54, 1.807) is 4.90 Å². The number of ether oxygens (including phenoxy) is 1. The molecule has 26 heavy (non-hydrogen) atoms. The van der Waals surface area contributed by atoms with E-state index in [9.17, 15) is 22.8 Å². The molecule has 2 rings (SSSR count). The average molecular weight is 397 g/mol. The van der Waals surface area contributed by atoms with E-state index < -0.39 is 18.2 Å². The molecule has 1 fully saturated rings. The standard InChI is InChI=1S/C16H19F3N2O4.ClH/c17-16(18,19)25-13-3-1-11(2-4-13)5-7-20-14(22)10-21-8-6-12(9-21)15(23)24;/h1-4,12H,5-10H2,(H,20,22)(H,23,24);1H. The number of nitrogens with one attached hydrogen (secondary N) is 1. The summed E-state index contributed by atoms with van der Waals surface area (Å²) in [6.45, 7) is 1.42. The van der Waals surface area contributed by atoms with Gasteiger partial charge >= 0.3 is 12.3 Å². The number of amides is 1. The first-order valence-electron chi connectivity index (χ1n) is 7.79. The molecular weight excluding hydrogens is 377 g/mol. The molecule has 146 valence electrons. The lowest BCUT2D eigenvalue weighted by Crippen LogP contribution is -2.37. The summed E-state index contributed by atoms with van der Waals surface area (Å²) >= 11 is 0. The Morgan fingerprint density at radius 3 is 2.46 bits per heavy atom. The van der Waals surface area contributed by atoms with Gasteiger partial charge in [0.2, 0.25) is 5.91 Å². The fraction of sp³-hybridized carbons (Fsp3) is 0.500. The van der Waals surface area contributed by atoms with Gasteiger partial charge in [0.1, 0.15) is 5.75 Å². The number of nitrogens with zero attached hydrogens (tertiary/aromatic N) is 1. The monoisotopic (exact) mass is 396 g/mol. The maximum Gasteiger partial charge on any atom is 0.573 e. The molecule has 1 aromatic rings. The van der Waals surface area contributed by atoms with Gasteiger partial charge in [-0.05, 0) is 37.1 Å². The van der Waals surface area contributed by atoms with Crippen LogP contribution in [0.2, 0.25) is 0 Å². The topological polar surface area (TPSA) is 78.9 Å². The number of halogens is 4. The molecule has 1 aliphatic rings. The van der Waals surface area contributed by atoms with Gasteiger partial charge in [0.15, 0.2) is 0 Å². The van der Waals surface area contributed by atoms with Crippen LogP contribution in [0.5, 0.6) is 5.75 Å². The molecule has 10 heteroatoms. The summed E-state index contributed by atoms with van der Waals surface area (Å²) in [4.78, 5) is 24.5. The Labute approximate surface area is 154 Å². The molecule has 0 bridgehead atoms. The number of carbonyl (C=O) groups excluding carboxylic acids is 1. The number of carbonyl (C=O) groups is 2. The molecule has 2 N–H and O–H groups in total. The van der Waals surface area contributed by atoms with Crippen molar-refractivity contribution in [1.82, 2.24) is 10.2 Å². The van der Waals surface area contributed by atoms with Crippen LogP contribution in [0.25, 0.3) is 0 Å². The summed E-state index contributed by atoms with van der Waals surface area (Å²) in [6, 6.07) is 5.46. The molecule has 1 amide bonds. The first-order valence-corrected chi connectivity index (χ1v) is 7.79. The number of carboxylic acid groups (broad SMARTS) is 1. The zero-order valence-electron chi connectivity index (χ0n) is 13.8. The number of carboxylic acids is 1. The fourth-order valence-electron chi connectivity index (χ4n) is 2.64. The molecule has 1 heterocycles. The SMILES string of the molecule is Cl.O=C(CN1CCC(C(=O)O)C1)NCCc1ccc(OC(F)(F)F)cc1. The molecule has 0 aliphatic carbocycles. The van der Waals surface area contributed by atoms with Gasteiger partial charge in [0.25, 0.3) is 0 Å². The van der Waals surface area contributed by atoms with Crippen molar-refractivity contribution >= 4 is 24.3 Å². The second-order valence-corrected chi connectivity index (χ2v) is 5.85. The minimum atomic E-state index is -4.72. The van der Waals surface area contributed by atoms with Gasteiger partial charge in [-0.3, -0.25) is 14.5 Å². The highest BCUT2D eigenvalue weighted by Gasteiger charge is 2.31. The molecule has 1 atom stereocenters. The third-order valence-corrected chi connectivity index (χ3v) is 3.88. The van der Waals surface area contributed by atoms with Crippen LogP contribution in [0.15, 0.2) is 24.3 Å². The van der Waals surface area contributed by atoms with Crippen LogP contribution < -0.4 is 10.1 Å². The van der Waals surface area contributed by atoms with Crippen LogP contribution in [0.1, 0.15) is 12.0 Å². The highest BCUT2D eigenvalue weighted by molar-refractivity contribution is 5.85. The van der Waals surface area contributed by atoms with Crippen LogP contribution in [-0.4, -0.2) is 54.4 Å². The van der Waals surface area contributed by atoms with Crippen molar-refractivity contribution in [2.45, 2.75) is 19.2 Å². The van der Waals surface area contributed by atoms with Crippen molar-refractivity contribution in [2.24, 2.45) is 5.92 Å². The van der Waals surface area contributed by atoms with E-state index >= 15 is 0 Å². The molecule has 1 unspecified atom stereocenters. The van der Waals surface area contributed by atoms with E-state index in [0.717, 1.165) is 5.56 Å². The molecule has 1 aliphatic heterocycles. The number of likely N-dealkylation sites (tertiary alicyclic amines) is 1. The Bertz CT molecular complexity index is 611. The maximum atomic E-state index is 12.1. The molecule has 0 aromatic heterocycles. The van der Waals surface area contributed by atoms with Crippen molar-refractivity contribution in [2.75, 3.05) is 26.2 Å². The zero-order chi connectivity index (χ0) is 18.4. The van der Waals surface area contributed by atoms with Gasteiger partial charge in [-0.25, -0.2) is 0 Å². The molecule has 1 saturated heterocycles. The Hall–Kier alpha value is -2.00. The lowest BCUT2D eigenvalue weighted by Gasteiger charge is -2.14. The van der Waals surface area contributed by atoms with Gasteiger partial charge in [-0.15, -0.1) is 25.6 Å². The van der Waals surface area contributed by atoms with Crippen molar-refractivity contribution < 1.29 is 32.6 Å². The van der Waals surface area contributed by atoms with Crippen molar-refractivity contribution in [3.63, 3.8) is 0 Å². The van der Waals surface area contributed by atoms with E-state index in [2.05, 4.69) is 10.1 Å². The van der Waals surface area contributed by atoms with Crippen molar-refractivity contribution in [3.8, 4) is 5.75 Å². The normalized spacial score (nSPS) is 17.4. The number of hydrogen-bond acceptors (Lipinski definition) is 4. The summed E-state index contributed by atoms with van der Waals surface area (Å²) in [5.74, 6) is -1.77. The van der Waals surface area contributed by atoms with Crippen LogP contribution in [0.4, 0.5) is 13.2 Å². The van der Waals surface area contributed by atoms with E-state index in [1.165, 1.54) is 24.3 Å². The number of benzene rings is 1. The largest absolute Gasteiger partial charge is 0.573 e. The summed E-state index contributed by atoms with van der Waals surface area (Å²) in [7, 11) is 0. The van der Waals surface area contributed by atoms with E-state index in [0.29, 0.717) is 32.5 Å². The Balaban J connectivity index is 0.00000338. The summed E-state index contributed by atoms with van der Waals surface area (Å²) in [5, 5.41) is 11.6. The number of aliphatic carboxylic acids is 1. The number of rotatable bonds is 7. The molecule has 0 radical (unpaired) electrons. The predicted molar refractivity (Wildman–Crippen MR) is 89.3 cm³/mol. The lowest BCUT2D eigenvalue weighted by molar-refractivity contribution is -0.274. The smallest absolute Gasteiger partial charge is 0.481 e. The quantitative estimate of drug-likeness (QED) is 0.737. The van der Waals surface area contributed by atoms with E-state index in [4.69, 9.17) is 5.11 Å². The van der Waals surface area contributed by atoms with Crippen molar-refractivity contribution in [1.29, 1.82) is 0 Å². The molecule has 6 nitrogen and oxygen atoms in total. The number of alkyl halides is 3. The minimum absolute atomic E-state index is 0. The maximum absolute atomic E-state index is 12.1. The zero-order valence-corrected chi connectivity index (χ0v) is 14.6. The third kappa shape index (κ3) is 7.49. The first-order chi connectivity index (χ1) is 11.7. The third-order valence-electron chi connectivity index (χ3n) is 3.88. The van der Waals surface area contributed by atoms with Gasteiger partial charge in [0.05, 0.1) is 12.5 Å². The van der Waals surface area contributed by atoms with Gasteiger partial charge in [-0.2, -0.15) is 0 Å². The van der Waals surface area contributed by atoms with Gasteiger partial charge < -0.3 is 15.2 Å². The molecular formula is C16H20ClF3N2O4. The van der Waals surface area contributed by atoms with Crippen LogP contribution in [0, 0.1) is 5.92 Å². The second-order valence-electron chi connectivity index (χ2n) is 5.85. The van der Waals surface area contributed by atoms with Crippen LogP contribution >= 0.6 is 12.4 Å². The minimum Gasteiger partial charge on any atom is -0.481 e. The highest BCUT2D eigenvalue weighted by Crippen LogP contribution is 2.22. The fourth-order valence-corrected chi connectivity index (χ4v) is 2.64. The Morgan fingerprint density at radius 1 is 1.27 bits per heavy atom. The summed E-state index contributed by atoms with van der Waals surface area (Å²) in [6.07, 6.45) is -3.71. The first kappa shape index (κ1) is 22.0. The van der Waals surface area contributed by atoms with Crippen LogP contribution in [-0.2, 0) is 16.0 Å². The van der Waals surface area contributed by atoms with Crippen molar-refractivity contribution in [3.05, 3.63) is 29.8 Å². The second kappa shape index (κ2) is 9.63. The molecule has 0 saturated carbocycles. The van der Waals surface area contributed by atoms with E-state index in [-0.39, 0.29) is 30.6 Å².